The van der Waals surface area contributed by atoms with Crippen molar-refractivity contribution in [3.05, 3.63) is 30.3 Å². The Bertz CT molecular complexity index is 543. The highest BCUT2D eigenvalue weighted by atomic mass is 16.2. The third-order valence-corrected chi connectivity index (χ3v) is 4.29. The summed E-state index contributed by atoms with van der Waals surface area (Å²) in [5, 5.41) is 2.89. The molecule has 1 fully saturated rings. The molecular weight excluding hydrogens is 302 g/mol. The maximum Gasteiger partial charge on any atom is 0.225 e. The fourth-order valence-corrected chi connectivity index (χ4v) is 2.72. The number of carbonyl (C=O) groups is 2. The maximum absolute atomic E-state index is 12.3. The summed E-state index contributed by atoms with van der Waals surface area (Å²) in [4.78, 5) is 28.3. The second-order valence-corrected chi connectivity index (χ2v) is 7.31. The lowest BCUT2D eigenvalue weighted by molar-refractivity contribution is -0.132. The average Bonchev–Trinajstić information content (AvgIpc) is 2.58. The van der Waals surface area contributed by atoms with Gasteiger partial charge in [-0.2, -0.15) is 0 Å². The molecule has 132 valence electrons. The summed E-state index contributed by atoms with van der Waals surface area (Å²) < 4.78 is 0. The van der Waals surface area contributed by atoms with E-state index in [0.29, 0.717) is 19.4 Å². The number of hydrogen-bond donors (Lipinski definition) is 1. The van der Waals surface area contributed by atoms with Crippen LogP contribution < -0.4 is 10.2 Å². The highest BCUT2D eigenvalue weighted by Gasteiger charge is 2.22. The smallest absolute Gasteiger partial charge is 0.225 e. The molecule has 0 saturated carbocycles. The molecule has 1 aliphatic heterocycles. The molecule has 0 aromatic heterocycles. The summed E-state index contributed by atoms with van der Waals surface area (Å²) in [6, 6.07) is 10.3. The van der Waals surface area contributed by atoms with Gasteiger partial charge in [0.2, 0.25) is 11.8 Å². The Morgan fingerprint density at radius 3 is 2.25 bits per heavy atom. The Hall–Kier alpha value is -2.04. The van der Waals surface area contributed by atoms with Crippen LogP contribution in [0.4, 0.5) is 5.69 Å². The Morgan fingerprint density at radius 2 is 1.67 bits per heavy atom. The molecule has 0 spiro atoms. The van der Waals surface area contributed by atoms with E-state index in [9.17, 15) is 9.59 Å². The molecular formula is C19H29N3O2. The normalized spacial score (nSPS) is 15.3. The largest absolute Gasteiger partial charge is 0.368 e. The predicted octanol–water partition coefficient (Wildman–Crippen LogP) is 2.28. The Kier molecular flexibility index (Phi) is 6.23. The quantitative estimate of drug-likeness (QED) is 0.842. The fraction of sp³-hybridized carbons (Fsp3) is 0.579. The lowest BCUT2D eigenvalue weighted by Crippen LogP contribution is -2.48. The molecule has 1 saturated heterocycles. The van der Waals surface area contributed by atoms with E-state index in [-0.39, 0.29) is 17.2 Å². The fourth-order valence-electron chi connectivity index (χ4n) is 2.72. The number of benzene rings is 1. The summed E-state index contributed by atoms with van der Waals surface area (Å²) >= 11 is 0. The van der Waals surface area contributed by atoms with Gasteiger partial charge in [0.15, 0.2) is 0 Å². The van der Waals surface area contributed by atoms with E-state index in [2.05, 4.69) is 22.3 Å². The van der Waals surface area contributed by atoms with E-state index >= 15 is 0 Å². The first kappa shape index (κ1) is 18.3. The summed E-state index contributed by atoms with van der Waals surface area (Å²) in [5.74, 6) is 0.221. The van der Waals surface area contributed by atoms with Crippen molar-refractivity contribution in [3.63, 3.8) is 0 Å². The average molecular weight is 331 g/mol. The summed E-state index contributed by atoms with van der Waals surface area (Å²) in [5.41, 5.74) is 0.840. The van der Waals surface area contributed by atoms with Gasteiger partial charge in [-0.05, 0) is 18.6 Å². The molecule has 1 heterocycles. The van der Waals surface area contributed by atoms with Gasteiger partial charge < -0.3 is 15.1 Å². The van der Waals surface area contributed by atoms with Gasteiger partial charge in [0, 0.05) is 50.2 Å². The highest BCUT2D eigenvalue weighted by Crippen LogP contribution is 2.16. The highest BCUT2D eigenvalue weighted by molar-refractivity contribution is 5.81. The van der Waals surface area contributed by atoms with Crippen LogP contribution in [0.5, 0.6) is 0 Å². The molecule has 0 atom stereocenters. The van der Waals surface area contributed by atoms with Crippen LogP contribution in [-0.4, -0.2) is 49.4 Å². The summed E-state index contributed by atoms with van der Waals surface area (Å²) in [6.45, 7) is 9.50. The number of para-hydroxylation sites is 1. The number of piperazine rings is 1. The second kappa shape index (κ2) is 8.18. The van der Waals surface area contributed by atoms with Crippen molar-refractivity contribution in [2.24, 2.45) is 5.41 Å². The van der Waals surface area contributed by atoms with E-state index < -0.39 is 0 Å². The molecule has 0 aliphatic carbocycles. The Balaban J connectivity index is 1.67. The van der Waals surface area contributed by atoms with E-state index in [0.717, 1.165) is 26.2 Å². The number of rotatable bonds is 5. The minimum absolute atomic E-state index is 0.0337. The minimum Gasteiger partial charge on any atom is -0.368 e. The number of anilines is 1. The molecule has 2 amide bonds. The first-order valence-corrected chi connectivity index (χ1v) is 8.74. The number of nitrogens with one attached hydrogen (secondary N) is 1. The molecule has 0 radical (unpaired) electrons. The first-order valence-electron chi connectivity index (χ1n) is 8.74. The van der Waals surface area contributed by atoms with Gasteiger partial charge in [-0.15, -0.1) is 0 Å². The van der Waals surface area contributed by atoms with Crippen molar-refractivity contribution in [1.82, 2.24) is 10.2 Å². The van der Waals surface area contributed by atoms with Crippen LogP contribution in [-0.2, 0) is 9.59 Å². The van der Waals surface area contributed by atoms with Gasteiger partial charge in [-0.3, -0.25) is 9.59 Å². The van der Waals surface area contributed by atoms with E-state index in [1.54, 1.807) is 0 Å². The molecule has 1 aromatic rings. The van der Waals surface area contributed by atoms with Crippen molar-refractivity contribution in [2.75, 3.05) is 37.6 Å². The number of amides is 2. The van der Waals surface area contributed by atoms with E-state index in [1.165, 1.54) is 5.69 Å². The van der Waals surface area contributed by atoms with Crippen LogP contribution in [0.25, 0.3) is 0 Å². The van der Waals surface area contributed by atoms with E-state index in [4.69, 9.17) is 0 Å². The summed E-state index contributed by atoms with van der Waals surface area (Å²) in [7, 11) is 0. The maximum atomic E-state index is 12.3. The van der Waals surface area contributed by atoms with Crippen molar-refractivity contribution >= 4 is 17.5 Å². The Morgan fingerprint density at radius 1 is 1.04 bits per heavy atom. The van der Waals surface area contributed by atoms with Crippen molar-refractivity contribution in [2.45, 2.75) is 33.6 Å². The molecule has 0 unspecified atom stereocenters. The minimum atomic E-state index is -0.377. The lowest BCUT2D eigenvalue weighted by Gasteiger charge is -2.36. The van der Waals surface area contributed by atoms with Gasteiger partial charge in [-0.25, -0.2) is 0 Å². The standard InChI is InChI=1S/C19H29N3O2/c1-19(2,3)18(24)20-11-7-10-17(23)22-14-12-21(13-15-22)16-8-5-4-6-9-16/h4-6,8-9H,7,10-15H2,1-3H3,(H,20,24). The number of hydrogen-bond acceptors (Lipinski definition) is 3. The second-order valence-electron chi connectivity index (χ2n) is 7.31. The SMILES string of the molecule is CC(C)(C)C(=O)NCCCC(=O)N1CCN(c2ccccc2)CC1. The van der Waals surface area contributed by atoms with Gasteiger partial charge in [0.05, 0.1) is 0 Å². The molecule has 2 rings (SSSR count). The van der Waals surface area contributed by atoms with Crippen LogP contribution in [0.2, 0.25) is 0 Å². The van der Waals surface area contributed by atoms with Crippen LogP contribution >= 0.6 is 0 Å². The van der Waals surface area contributed by atoms with Gasteiger partial charge in [0.25, 0.3) is 0 Å². The van der Waals surface area contributed by atoms with Crippen molar-refractivity contribution < 1.29 is 9.59 Å². The lowest BCUT2D eigenvalue weighted by atomic mass is 9.96. The number of carbonyl (C=O) groups excluding carboxylic acids is 2. The van der Waals surface area contributed by atoms with Crippen LogP contribution in [0, 0.1) is 5.41 Å². The molecule has 5 nitrogen and oxygen atoms in total. The van der Waals surface area contributed by atoms with Crippen LogP contribution in [0.1, 0.15) is 33.6 Å². The molecule has 1 aromatic carbocycles. The zero-order valence-electron chi connectivity index (χ0n) is 15.0. The molecule has 24 heavy (non-hydrogen) atoms. The van der Waals surface area contributed by atoms with Crippen LogP contribution in [0.3, 0.4) is 0 Å². The van der Waals surface area contributed by atoms with Crippen molar-refractivity contribution in [1.29, 1.82) is 0 Å². The predicted molar refractivity (Wildman–Crippen MR) is 96.9 cm³/mol. The third-order valence-electron chi connectivity index (χ3n) is 4.29. The third kappa shape index (κ3) is 5.25. The van der Waals surface area contributed by atoms with Crippen molar-refractivity contribution in [3.8, 4) is 0 Å². The molecule has 0 bridgehead atoms. The molecule has 1 N–H and O–H groups in total. The first-order chi connectivity index (χ1) is 11.4. The summed E-state index contributed by atoms with van der Waals surface area (Å²) in [6.07, 6.45) is 1.19. The monoisotopic (exact) mass is 331 g/mol. The van der Waals surface area contributed by atoms with E-state index in [1.807, 2.05) is 43.9 Å². The van der Waals surface area contributed by atoms with Crippen LogP contribution in [0.15, 0.2) is 30.3 Å². The number of nitrogens with zero attached hydrogens (tertiary/aromatic N) is 2. The van der Waals surface area contributed by atoms with Gasteiger partial charge in [0.1, 0.15) is 0 Å². The van der Waals surface area contributed by atoms with Gasteiger partial charge in [-0.1, -0.05) is 39.0 Å². The molecule has 5 heteroatoms. The molecule has 1 aliphatic rings. The Labute approximate surface area is 145 Å². The zero-order chi connectivity index (χ0) is 17.6. The zero-order valence-corrected chi connectivity index (χ0v) is 15.0. The van der Waals surface area contributed by atoms with Gasteiger partial charge >= 0.3 is 0 Å². The topological polar surface area (TPSA) is 52.7 Å².